The Balaban J connectivity index is 1.31. The number of carbonyl (C=O) groups is 1. The molecule has 1 amide bonds. The molecule has 0 spiro atoms. The molecule has 1 N–H and O–H groups in total. The SMILES string of the molecule is COc1ccc2nc(NC(=O)CCSc3nnc4cc(C)c5cc(C)cc(C)c5n34)sc2c1. The average molecular weight is 478 g/mol. The predicted octanol–water partition coefficient (Wildman–Crippen LogP) is 5.55. The summed E-state index contributed by atoms with van der Waals surface area (Å²) in [6.07, 6.45) is 0.348. The molecule has 0 saturated heterocycles. The second-order valence-corrected chi connectivity index (χ2v) is 10.1. The number of thioether (sulfide) groups is 1. The summed E-state index contributed by atoms with van der Waals surface area (Å²) in [6, 6.07) is 12.1. The lowest BCUT2D eigenvalue weighted by atomic mass is 10.0. The molecule has 168 valence electrons. The number of aromatic nitrogens is 4. The summed E-state index contributed by atoms with van der Waals surface area (Å²) in [6.45, 7) is 6.33. The lowest BCUT2D eigenvalue weighted by molar-refractivity contribution is -0.115. The van der Waals surface area contributed by atoms with Crippen LogP contribution in [0.2, 0.25) is 0 Å². The summed E-state index contributed by atoms with van der Waals surface area (Å²) in [5, 5.41) is 14.3. The Hall–Kier alpha value is -3.17. The number of thiazole rings is 1. The molecule has 0 saturated carbocycles. The molecule has 0 atom stereocenters. The highest BCUT2D eigenvalue weighted by Gasteiger charge is 2.15. The maximum Gasteiger partial charge on any atom is 0.226 e. The Labute approximate surface area is 199 Å². The molecule has 0 bridgehead atoms. The minimum absolute atomic E-state index is 0.0742. The van der Waals surface area contributed by atoms with Crippen LogP contribution in [-0.2, 0) is 4.79 Å². The highest BCUT2D eigenvalue weighted by molar-refractivity contribution is 7.99. The van der Waals surface area contributed by atoms with Gasteiger partial charge in [0, 0.05) is 17.6 Å². The van der Waals surface area contributed by atoms with Gasteiger partial charge in [-0.25, -0.2) is 4.98 Å². The van der Waals surface area contributed by atoms with Crippen molar-refractivity contribution in [1.29, 1.82) is 0 Å². The van der Waals surface area contributed by atoms with Gasteiger partial charge in [-0.05, 0) is 62.2 Å². The molecule has 0 aliphatic carbocycles. The number of nitrogens with zero attached hydrogens (tertiary/aromatic N) is 4. The molecular weight excluding hydrogens is 454 g/mol. The van der Waals surface area contributed by atoms with E-state index in [1.165, 1.54) is 45.2 Å². The van der Waals surface area contributed by atoms with E-state index in [-0.39, 0.29) is 5.91 Å². The van der Waals surface area contributed by atoms with Crippen LogP contribution < -0.4 is 10.1 Å². The summed E-state index contributed by atoms with van der Waals surface area (Å²) in [5.41, 5.74) is 6.38. The van der Waals surface area contributed by atoms with E-state index in [4.69, 9.17) is 4.74 Å². The number of nitrogens with one attached hydrogen (secondary N) is 1. The molecule has 7 nitrogen and oxygen atoms in total. The smallest absolute Gasteiger partial charge is 0.226 e. The molecule has 5 rings (SSSR count). The maximum absolute atomic E-state index is 12.5. The molecular formula is C24H23N5O2S2. The Morgan fingerprint density at radius 3 is 2.79 bits per heavy atom. The van der Waals surface area contributed by atoms with Gasteiger partial charge in [0.1, 0.15) is 5.75 Å². The lowest BCUT2D eigenvalue weighted by Crippen LogP contribution is -2.12. The van der Waals surface area contributed by atoms with Crippen molar-refractivity contribution in [2.75, 3.05) is 18.2 Å². The van der Waals surface area contributed by atoms with E-state index in [1.54, 1.807) is 7.11 Å². The molecule has 3 aromatic heterocycles. The average Bonchev–Trinajstić information content (AvgIpc) is 3.36. The Kier molecular flexibility index (Phi) is 5.67. The molecule has 2 aromatic carbocycles. The van der Waals surface area contributed by atoms with Gasteiger partial charge in [-0.15, -0.1) is 10.2 Å². The lowest BCUT2D eigenvalue weighted by Gasteiger charge is -2.11. The zero-order valence-corrected chi connectivity index (χ0v) is 20.4. The molecule has 0 aliphatic rings. The van der Waals surface area contributed by atoms with Crippen LogP contribution in [0.3, 0.4) is 0 Å². The van der Waals surface area contributed by atoms with E-state index in [2.05, 4.69) is 63.9 Å². The van der Waals surface area contributed by atoms with E-state index in [1.807, 2.05) is 18.2 Å². The first kappa shape index (κ1) is 21.7. The number of hydrogen-bond acceptors (Lipinski definition) is 7. The van der Waals surface area contributed by atoms with Gasteiger partial charge in [-0.1, -0.05) is 34.7 Å². The van der Waals surface area contributed by atoms with Gasteiger partial charge in [0.2, 0.25) is 5.91 Å². The van der Waals surface area contributed by atoms with Crippen molar-refractivity contribution in [2.45, 2.75) is 32.3 Å². The van der Waals surface area contributed by atoms with Crippen LogP contribution in [0.1, 0.15) is 23.1 Å². The Morgan fingerprint density at radius 2 is 1.97 bits per heavy atom. The number of anilines is 1. The fourth-order valence-corrected chi connectivity index (χ4v) is 5.80. The number of benzene rings is 2. The van der Waals surface area contributed by atoms with Crippen LogP contribution in [0.25, 0.3) is 26.8 Å². The summed E-state index contributed by atoms with van der Waals surface area (Å²) >= 11 is 2.97. The number of pyridine rings is 1. The summed E-state index contributed by atoms with van der Waals surface area (Å²) in [7, 11) is 1.63. The fraction of sp³-hybridized carbons (Fsp3) is 0.250. The van der Waals surface area contributed by atoms with Crippen molar-refractivity contribution in [1.82, 2.24) is 19.6 Å². The van der Waals surface area contributed by atoms with Crippen molar-refractivity contribution in [2.24, 2.45) is 0 Å². The van der Waals surface area contributed by atoms with E-state index >= 15 is 0 Å². The molecule has 3 heterocycles. The number of aryl methyl sites for hydroxylation is 3. The highest BCUT2D eigenvalue weighted by atomic mass is 32.2. The van der Waals surface area contributed by atoms with Crippen molar-refractivity contribution in [3.05, 3.63) is 53.1 Å². The number of carbonyl (C=O) groups excluding carboxylic acids is 1. The van der Waals surface area contributed by atoms with Gasteiger partial charge in [0.25, 0.3) is 0 Å². The van der Waals surface area contributed by atoms with E-state index in [9.17, 15) is 4.79 Å². The van der Waals surface area contributed by atoms with Crippen LogP contribution in [0.4, 0.5) is 5.13 Å². The zero-order valence-electron chi connectivity index (χ0n) is 18.8. The van der Waals surface area contributed by atoms with Gasteiger partial charge < -0.3 is 10.1 Å². The van der Waals surface area contributed by atoms with Crippen molar-refractivity contribution in [3.8, 4) is 5.75 Å². The number of fused-ring (bicyclic) bond motifs is 4. The van der Waals surface area contributed by atoms with E-state index in [0.29, 0.717) is 17.3 Å². The number of methoxy groups -OCH3 is 1. The zero-order chi connectivity index (χ0) is 23.1. The predicted molar refractivity (Wildman–Crippen MR) is 135 cm³/mol. The number of hydrogen-bond donors (Lipinski definition) is 1. The molecule has 5 aromatic rings. The first-order valence-corrected chi connectivity index (χ1v) is 12.4. The number of rotatable bonds is 6. The molecule has 0 radical (unpaired) electrons. The van der Waals surface area contributed by atoms with Crippen LogP contribution >= 0.6 is 23.1 Å². The Bertz CT molecular complexity index is 1520. The van der Waals surface area contributed by atoms with Crippen molar-refractivity contribution in [3.63, 3.8) is 0 Å². The first-order chi connectivity index (χ1) is 15.9. The standard InChI is InChI=1S/C24H23N5O2S2/c1-13-9-15(3)22-17(10-13)14(2)11-20-27-28-24(29(20)22)32-8-7-21(30)26-23-25-18-6-5-16(31-4)12-19(18)33-23/h5-6,9-12H,7-8H2,1-4H3,(H,25,26,30). The highest BCUT2D eigenvalue weighted by Crippen LogP contribution is 2.31. The van der Waals surface area contributed by atoms with Gasteiger partial charge in [-0.3, -0.25) is 9.20 Å². The van der Waals surface area contributed by atoms with E-state index < -0.39 is 0 Å². The van der Waals surface area contributed by atoms with Gasteiger partial charge in [0.15, 0.2) is 15.9 Å². The minimum atomic E-state index is -0.0742. The van der Waals surface area contributed by atoms with Gasteiger partial charge in [0.05, 0.1) is 22.8 Å². The van der Waals surface area contributed by atoms with Crippen LogP contribution in [-0.4, -0.2) is 38.4 Å². The molecule has 9 heteroatoms. The minimum Gasteiger partial charge on any atom is -0.497 e. The van der Waals surface area contributed by atoms with Crippen LogP contribution in [0.15, 0.2) is 41.6 Å². The summed E-state index contributed by atoms with van der Waals surface area (Å²) < 4.78 is 8.33. The topological polar surface area (TPSA) is 81.4 Å². The van der Waals surface area contributed by atoms with Crippen molar-refractivity contribution < 1.29 is 9.53 Å². The molecule has 33 heavy (non-hydrogen) atoms. The maximum atomic E-state index is 12.5. The van der Waals surface area contributed by atoms with E-state index in [0.717, 1.165) is 32.3 Å². The third kappa shape index (κ3) is 4.14. The molecule has 0 unspecified atom stereocenters. The second-order valence-electron chi connectivity index (χ2n) is 7.98. The second kappa shape index (κ2) is 8.64. The monoisotopic (exact) mass is 477 g/mol. The number of ether oxygens (including phenoxy) is 1. The largest absolute Gasteiger partial charge is 0.497 e. The summed E-state index contributed by atoms with van der Waals surface area (Å²) in [5.74, 6) is 1.29. The quantitative estimate of drug-likeness (QED) is 0.323. The van der Waals surface area contributed by atoms with Gasteiger partial charge >= 0.3 is 0 Å². The van der Waals surface area contributed by atoms with Crippen LogP contribution in [0, 0.1) is 20.8 Å². The Morgan fingerprint density at radius 1 is 1.12 bits per heavy atom. The third-order valence-corrected chi connectivity index (χ3v) is 7.36. The summed E-state index contributed by atoms with van der Waals surface area (Å²) in [4.78, 5) is 17.0. The first-order valence-electron chi connectivity index (χ1n) is 10.6. The number of amides is 1. The molecule has 0 fully saturated rings. The van der Waals surface area contributed by atoms with Gasteiger partial charge in [-0.2, -0.15) is 0 Å². The van der Waals surface area contributed by atoms with Crippen molar-refractivity contribution >= 4 is 60.9 Å². The fourth-order valence-electron chi connectivity index (χ4n) is 4.01. The van der Waals surface area contributed by atoms with Crippen LogP contribution in [0.5, 0.6) is 5.75 Å². The third-order valence-electron chi connectivity index (χ3n) is 5.50. The normalized spacial score (nSPS) is 11.5. The molecule has 0 aliphatic heterocycles.